The molecule has 3 aromatic rings. The lowest BCUT2D eigenvalue weighted by Crippen LogP contribution is -2.39. The zero-order valence-electron chi connectivity index (χ0n) is 19.6. The summed E-state index contributed by atoms with van der Waals surface area (Å²) >= 11 is 0. The van der Waals surface area contributed by atoms with E-state index in [1.165, 1.54) is 24.3 Å². The van der Waals surface area contributed by atoms with Gasteiger partial charge in [-0.05, 0) is 61.2 Å². The van der Waals surface area contributed by atoms with Crippen molar-refractivity contribution in [1.82, 2.24) is 15.6 Å². The van der Waals surface area contributed by atoms with Crippen LogP contribution in [0.2, 0.25) is 0 Å². The first-order valence-electron chi connectivity index (χ1n) is 11.2. The van der Waals surface area contributed by atoms with E-state index in [9.17, 15) is 13.6 Å². The van der Waals surface area contributed by atoms with E-state index in [1.54, 1.807) is 0 Å². The van der Waals surface area contributed by atoms with Gasteiger partial charge < -0.3 is 15.4 Å². The maximum atomic E-state index is 13.8. The first-order chi connectivity index (χ1) is 16.2. The maximum absolute atomic E-state index is 13.8. The molecule has 0 aliphatic heterocycles. The van der Waals surface area contributed by atoms with Gasteiger partial charge in [0, 0.05) is 17.8 Å². The second-order valence-electron chi connectivity index (χ2n) is 8.31. The second-order valence-corrected chi connectivity index (χ2v) is 8.31. The Morgan fingerprint density at radius 3 is 2.29 bits per heavy atom. The minimum atomic E-state index is -0.668. The molecule has 178 valence electrons. The molecule has 1 amide bonds. The number of hydrogen-bond acceptors (Lipinski definition) is 4. The molecule has 0 aliphatic rings. The molecule has 0 spiro atoms. The Labute approximate surface area is 198 Å². The van der Waals surface area contributed by atoms with Crippen LogP contribution in [-0.4, -0.2) is 16.4 Å². The van der Waals surface area contributed by atoms with Gasteiger partial charge in [-0.25, -0.2) is 13.8 Å². The number of benzene rings is 2. The Kier molecular flexibility index (Phi) is 7.99. The minimum Gasteiger partial charge on any atom is -0.438 e. The Bertz CT molecular complexity index is 1140. The number of rotatable bonds is 10. The van der Waals surface area contributed by atoms with E-state index in [4.69, 9.17) is 4.74 Å². The van der Waals surface area contributed by atoms with E-state index in [-0.39, 0.29) is 29.3 Å². The summed E-state index contributed by atoms with van der Waals surface area (Å²) in [4.78, 5) is 16.6. The van der Waals surface area contributed by atoms with Crippen LogP contribution in [0.25, 0.3) is 5.70 Å². The van der Waals surface area contributed by atoms with Crippen molar-refractivity contribution < 1.29 is 18.3 Å². The molecule has 5 nitrogen and oxygen atoms in total. The largest absolute Gasteiger partial charge is 0.438 e. The lowest BCUT2D eigenvalue weighted by molar-refractivity contribution is 0.0947. The molecule has 0 saturated heterocycles. The maximum Gasteiger partial charge on any atom is 0.257 e. The van der Waals surface area contributed by atoms with Crippen molar-refractivity contribution in [3.8, 4) is 11.6 Å². The number of nitrogens with one attached hydrogen (secondary N) is 2. The van der Waals surface area contributed by atoms with E-state index in [2.05, 4.69) is 43.0 Å². The van der Waals surface area contributed by atoms with Crippen molar-refractivity contribution in [2.75, 3.05) is 0 Å². The molecule has 3 rings (SSSR count). The van der Waals surface area contributed by atoms with Crippen LogP contribution in [0.1, 0.15) is 55.1 Å². The average molecular weight is 466 g/mol. The van der Waals surface area contributed by atoms with E-state index in [0.717, 1.165) is 41.9 Å². The SMILES string of the molecule is C=C(NC(C)(CC)CC)c1ccc(CNC(=O)c2cc(F)cnc2Oc2ccc(F)cc2)cc1. The van der Waals surface area contributed by atoms with Gasteiger partial charge in [0.25, 0.3) is 5.91 Å². The summed E-state index contributed by atoms with van der Waals surface area (Å²) in [7, 11) is 0. The van der Waals surface area contributed by atoms with Gasteiger partial charge in [0.05, 0.1) is 6.20 Å². The summed E-state index contributed by atoms with van der Waals surface area (Å²) in [6.45, 7) is 10.8. The molecule has 0 radical (unpaired) electrons. The van der Waals surface area contributed by atoms with Crippen molar-refractivity contribution >= 4 is 11.6 Å². The van der Waals surface area contributed by atoms with E-state index < -0.39 is 17.5 Å². The van der Waals surface area contributed by atoms with Crippen LogP contribution >= 0.6 is 0 Å². The molecule has 0 fully saturated rings. The zero-order valence-corrected chi connectivity index (χ0v) is 19.6. The van der Waals surface area contributed by atoms with Gasteiger partial charge >= 0.3 is 0 Å². The van der Waals surface area contributed by atoms with Gasteiger partial charge in [0.2, 0.25) is 5.88 Å². The van der Waals surface area contributed by atoms with E-state index in [0.29, 0.717) is 0 Å². The van der Waals surface area contributed by atoms with Gasteiger partial charge in [-0.3, -0.25) is 4.79 Å². The number of ether oxygens (including phenoxy) is 1. The number of aromatic nitrogens is 1. The monoisotopic (exact) mass is 465 g/mol. The highest BCUT2D eigenvalue weighted by molar-refractivity contribution is 5.96. The van der Waals surface area contributed by atoms with Crippen LogP contribution in [-0.2, 0) is 6.54 Å². The zero-order chi connectivity index (χ0) is 24.7. The lowest BCUT2D eigenvalue weighted by atomic mass is 9.94. The Morgan fingerprint density at radius 2 is 1.68 bits per heavy atom. The topological polar surface area (TPSA) is 63.2 Å². The Balaban J connectivity index is 1.66. The fourth-order valence-corrected chi connectivity index (χ4v) is 3.25. The first-order valence-corrected chi connectivity index (χ1v) is 11.2. The van der Waals surface area contributed by atoms with Gasteiger partial charge in [-0.1, -0.05) is 44.7 Å². The molecule has 0 saturated carbocycles. The van der Waals surface area contributed by atoms with Crippen LogP contribution < -0.4 is 15.4 Å². The molecule has 0 aliphatic carbocycles. The smallest absolute Gasteiger partial charge is 0.257 e. The molecule has 0 atom stereocenters. The van der Waals surface area contributed by atoms with Gasteiger partial charge in [-0.15, -0.1) is 0 Å². The first kappa shape index (κ1) is 24.9. The Morgan fingerprint density at radius 1 is 1.03 bits per heavy atom. The fraction of sp³-hybridized carbons (Fsp3) is 0.259. The van der Waals surface area contributed by atoms with E-state index in [1.807, 2.05) is 24.3 Å². The number of amides is 1. The van der Waals surface area contributed by atoms with Gasteiger partial charge in [-0.2, -0.15) is 0 Å². The van der Waals surface area contributed by atoms with Crippen molar-refractivity contribution in [3.05, 3.63) is 95.7 Å². The minimum absolute atomic E-state index is 0.0174. The number of hydrogen-bond donors (Lipinski definition) is 2. The predicted octanol–water partition coefficient (Wildman–Crippen LogP) is 6.22. The number of carbonyl (C=O) groups excluding carboxylic acids is 1. The molecular weight excluding hydrogens is 436 g/mol. The molecular formula is C27H29F2N3O2. The van der Waals surface area contributed by atoms with Gasteiger partial charge in [0.1, 0.15) is 22.9 Å². The highest BCUT2D eigenvalue weighted by atomic mass is 19.1. The Hall–Kier alpha value is -3.74. The van der Waals surface area contributed by atoms with Crippen molar-refractivity contribution in [2.24, 2.45) is 0 Å². The molecule has 2 N–H and O–H groups in total. The molecule has 7 heteroatoms. The molecule has 0 bridgehead atoms. The van der Waals surface area contributed by atoms with Crippen molar-refractivity contribution in [2.45, 2.75) is 45.7 Å². The highest BCUT2D eigenvalue weighted by Gasteiger charge is 2.20. The van der Waals surface area contributed by atoms with Gasteiger partial charge in [0.15, 0.2) is 0 Å². The molecule has 2 aromatic carbocycles. The molecule has 1 heterocycles. The summed E-state index contributed by atoms with van der Waals surface area (Å²) in [6.07, 6.45) is 2.92. The normalized spacial score (nSPS) is 11.1. The second kappa shape index (κ2) is 10.9. The van der Waals surface area contributed by atoms with Crippen LogP contribution in [0, 0.1) is 11.6 Å². The fourth-order valence-electron chi connectivity index (χ4n) is 3.25. The highest BCUT2D eigenvalue weighted by Crippen LogP contribution is 2.24. The summed E-state index contributed by atoms with van der Waals surface area (Å²) in [5.41, 5.74) is 2.60. The molecule has 0 unspecified atom stereocenters. The third kappa shape index (κ3) is 6.41. The summed E-state index contributed by atoms with van der Waals surface area (Å²) in [6, 6.07) is 14.0. The summed E-state index contributed by atoms with van der Waals surface area (Å²) in [5.74, 6) is -1.43. The average Bonchev–Trinajstić information content (AvgIpc) is 2.85. The molecule has 34 heavy (non-hydrogen) atoms. The standard InChI is InChI=1S/C27H29F2N3O2/c1-5-27(4,6-2)32-18(3)20-9-7-19(8-10-20)16-30-25(33)24-15-22(29)17-31-26(24)34-23-13-11-21(28)12-14-23/h7-15,17,32H,3,5-6,16H2,1-2,4H3,(H,30,33). The third-order valence-electron chi connectivity index (χ3n) is 5.86. The quantitative estimate of drug-likeness (QED) is 0.373. The van der Waals surface area contributed by atoms with Crippen LogP contribution in [0.5, 0.6) is 11.6 Å². The molecule has 1 aromatic heterocycles. The van der Waals surface area contributed by atoms with E-state index >= 15 is 0 Å². The number of carbonyl (C=O) groups is 1. The van der Waals surface area contributed by atoms with Crippen molar-refractivity contribution in [3.63, 3.8) is 0 Å². The predicted molar refractivity (Wildman–Crippen MR) is 129 cm³/mol. The van der Waals surface area contributed by atoms with Crippen LogP contribution in [0.3, 0.4) is 0 Å². The van der Waals surface area contributed by atoms with Crippen molar-refractivity contribution in [1.29, 1.82) is 0 Å². The third-order valence-corrected chi connectivity index (χ3v) is 5.86. The number of pyridine rings is 1. The number of nitrogens with zero attached hydrogens (tertiary/aromatic N) is 1. The van der Waals surface area contributed by atoms with Crippen LogP contribution in [0.4, 0.5) is 8.78 Å². The summed E-state index contributed by atoms with van der Waals surface area (Å²) in [5, 5.41) is 6.25. The van der Waals surface area contributed by atoms with Crippen LogP contribution in [0.15, 0.2) is 67.4 Å². The lowest BCUT2D eigenvalue weighted by Gasteiger charge is -2.30. The summed E-state index contributed by atoms with van der Waals surface area (Å²) < 4.78 is 32.5. The number of halogens is 2.